The highest BCUT2D eigenvalue weighted by molar-refractivity contribution is 7.90. The van der Waals surface area contributed by atoms with Crippen molar-refractivity contribution in [3.63, 3.8) is 0 Å². The summed E-state index contributed by atoms with van der Waals surface area (Å²) < 4.78 is 49.3. The highest BCUT2D eigenvalue weighted by Crippen LogP contribution is 2.49. The summed E-state index contributed by atoms with van der Waals surface area (Å²) in [5, 5.41) is -0.176. The molecule has 2 aliphatic carbocycles. The lowest BCUT2D eigenvalue weighted by atomic mass is 9.63. The van der Waals surface area contributed by atoms with Crippen LogP contribution in [0.3, 0.4) is 0 Å². The molecule has 300 valence electrons. The van der Waals surface area contributed by atoms with Gasteiger partial charge < -0.3 is 19.1 Å². The summed E-state index contributed by atoms with van der Waals surface area (Å²) in [6, 6.07) is 12.3. The van der Waals surface area contributed by atoms with Crippen LogP contribution in [0.4, 0.5) is 5.69 Å². The van der Waals surface area contributed by atoms with Crippen molar-refractivity contribution in [1.29, 1.82) is 0 Å². The zero-order valence-corrected chi connectivity index (χ0v) is 34.4. The van der Waals surface area contributed by atoms with Gasteiger partial charge in [0.2, 0.25) is 10.0 Å². The molecule has 3 fully saturated rings. The Hall–Kier alpha value is -2.67. The minimum Gasteiger partial charge on any atom is -0.490 e. The van der Waals surface area contributed by atoms with Crippen LogP contribution in [0.25, 0.3) is 0 Å². The topological polar surface area (TPSA) is 101 Å². The zero-order chi connectivity index (χ0) is 38.4. The molecule has 1 saturated carbocycles. The van der Waals surface area contributed by atoms with Crippen molar-refractivity contribution < 1.29 is 27.4 Å². The van der Waals surface area contributed by atoms with Crippen molar-refractivity contribution >= 4 is 33.2 Å². The number of amides is 1. The maximum atomic E-state index is 13.9. The van der Waals surface area contributed by atoms with E-state index in [2.05, 4.69) is 43.7 Å². The van der Waals surface area contributed by atoms with Crippen LogP contribution in [0.5, 0.6) is 5.75 Å². The van der Waals surface area contributed by atoms with E-state index >= 15 is 0 Å². The number of piperazine rings is 1. The SMILES string of the molecule is COC[C@@H]1[C@@H](C)C/C=C/[C@](CN2CCN3CCCC[C@@H]3C2)(OC)[C@@H]2CC[C@H]2CN2C[C@@]3(CCCc4cc(Cl)ccc43)COc3ccc(cc32)C(=O)NS1(=O)=O. The van der Waals surface area contributed by atoms with Gasteiger partial charge >= 0.3 is 0 Å². The first kappa shape index (κ1) is 39.2. The van der Waals surface area contributed by atoms with Gasteiger partial charge in [0.1, 0.15) is 16.6 Å². The van der Waals surface area contributed by atoms with Crippen LogP contribution in [-0.2, 0) is 31.3 Å². The van der Waals surface area contributed by atoms with Gasteiger partial charge in [-0.15, -0.1) is 0 Å². The molecule has 55 heavy (non-hydrogen) atoms. The second kappa shape index (κ2) is 15.9. The summed E-state index contributed by atoms with van der Waals surface area (Å²) in [6.45, 7) is 9.05. The average Bonchev–Trinajstić information content (AvgIpc) is 3.31. The number of anilines is 1. The number of hydrogen-bond acceptors (Lipinski definition) is 9. The number of hydrogen-bond donors (Lipinski definition) is 1. The Bertz CT molecular complexity index is 1880. The van der Waals surface area contributed by atoms with Gasteiger partial charge in [0.05, 0.1) is 18.9 Å². The molecule has 2 bridgehead atoms. The number of methoxy groups -OCH3 is 2. The highest BCUT2D eigenvalue weighted by Gasteiger charge is 2.50. The lowest BCUT2D eigenvalue weighted by Crippen LogP contribution is -2.61. The Morgan fingerprint density at radius 1 is 1.02 bits per heavy atom. The van der Waals surface area contributed by atoms with Gasteiger partial charge in [-0.25, -0.2) is 13.1 Å². The molecule has 4 aliphatic heterocycles. The fourth-order valence-electron chi connectivity index (χ4n) is 10.9. The lowest BCUT2D eigenvalue weighted by Gasteiger charge is -2.53. The number of carbonyl (C=O) groups excluding carboxylic acids is 1. The molecule has 8 rings (SSSR count). The van der Waals surface area contributed by atoms with Gasteiger partial charge in [0, 0.05) is 75.5 Å². The lowest BCUT2D eigenvalue weighted by molar-refractivity contribution is -0.100. The Morgan fingerprint density at radius 3 is 2.69 bits per heavy atom. The molecule has 2 aromatic carbocycles. The summed E-state index contributed by atoms with van der Waals surface area (Å²) in [5.74, 6) is 0.345. The molecule has 0 radical (unpaired) electrons. The quantitative estimate of drug-likeness (QED) is 0.362. The number of halogens is 1. The predicted molar refractivity (Wildman–Crippen MR) is 217 cm³/mol. The number of fused-ring (bicyclic) bond motifs is 5. The fraction of sp³-hybridized carbons (Fsp3) is 0.651. The van der Waals surface area contributed by atoms with E-state index in [-0.39, 0.29) is 29.4 Å². The van der Waals surface area contributed by atoms with E-state index in [0.717, 1.165) is 75.5 Å². The second-order valence-corrected chi connectivity index (χ2v) is 19.7. The largest absolute Gasteiger partial charge is 0.490 e. The number of piperidine rings is 1. The summed E-state index contributed by atoms with van der Waals surface area (Å²) >= 11 is 6.52. The Morgan fingerprint density at radius 2 is 1.89 bits per heavy atom. The van der Waals surface area contributed by atoms with Crippen molar-refractivity contribution in [1.82, 2.24) is 14.5 Å². The van der Waals surface area contributed by atoms with Gasteiger partial charge in [0.15, 0.2) is 0 Å². The number of allylic oxidation sites excluding steroid dienone is 1. The molecule has 12 heteroatoms. The van der Waals surface area contributed by atoms with Crippen molar-refractivity contribution in [2.24, 2.45) is 17.8 Å². The number of rotatable bonds is 5. The van der Waals surface area contributed by atoms with Crippen molar-refractivity contribution in [2.75, 3.05) is 78.1 Å². The average molecular weight is 795 g/mol. The Labute approximate surface area is 332 Å². The van der Waals surface area contributed by atoms with Crippen LogP contribution in [-0.4, -0.2) is 114 Å². The number of nitrogens with one attached hydrogen (secondary N) is 1. The molecule has 1 N–H and O–H groups in total. The molecule has 6 aliphatic rings. The summed E-state index contributed by atoms with van der Waals surface area (Å²) in [7, 11) is -0.724. The van der Waals surface area contributed by atoms with E-state index in [0.29, 0.717) is 37.3 Å². The van der Waals surface area contributed by atoms with E-state index < -0.39 is 26.8 Å². The summed E-state index contributed by atoms with van der Waals surface area (Å²) in [6.07, 6.45) is 13.9. The second-order valence-electron chi connectivity index (χ2n) is 17.4. The first-order valence-electron chi connectivity index (χ1n) is 20.6. The number of carbonyl (C=O) groups is 1. The summed E-state index contributed by atoms with van der Waals surface area (Å²) in [4.78, 5) is 21.6. The van der Waals surface area contributed by atoms with E-state index in [4.69, 9.17) is 25.8 Å². The van der Waals surface area contributed by atoms with Crippen LogP contribution in [0.15, 0.2) is 48.6 Å². The van der Waals surface area contributed by atoms with Gasteiger partial charge in [0.25, 0.3) is 5.91 Å². The third kappa shape index (κ3) is 7.70. The Balaban J connectivity index is 1.20. The molecule has 0 unspecified atom stereocenters. The van der Waals surface area contributed by atoms with Crippen LogP contribution in [0, 0.1) is 17.8 Å². The molecule has 1 amide bonds. The molecular weight excluding hydrogens is 736 g/mol. The van der Waals surface area contributed by atoms with E-state index in [9.17, 15) is 13.2 Å². The molecule has 2 aromatic rings. The molecule has 0 aromatic heterocycles. The van der Waals surface area contributed by atoms with E-state index in [1.807, 2.05) is 32.2 Å². The van der Waals surface area contributed by atoms with Crippen LogP contribution >= 0.6 is 11.6 Å². The van der Waals surface area contributed by atoms with E-state index in [1.54, 1.807) is 6.07 Å². The third-order valence-electron chi connectivity index (χ3n) is 14.1. The van der Waals surface area contributed by atoms with Crippen LogP contribution in [0.1, 0.15) is 79.8 Å². The first-order valence-corrected chi connectivity index (χ1v) is 22.5. The Kier molecular flexibility index (Phi) is 11.3. The minimum absolute atomic E-state index is 0.0238. The third-order valence-corrected chi connectivity index (χ3v) is 16.2. The maximum Gasteiger partial charge on any atom is 0.264 e. The number of benzene rings is 2. The predicted octanol–water partition coefficient (Wildman–Crippen LogP) is 6.07. The van der Waals surface area contributed by atoms with Crippen LogP contribution in [0.2, 0.25) is 5.02 Å². The number of sulfonamides is 1. The normalized spacial score (nSPS) is 34.6. The van der Waals surface area contributed by atoms with Gasteiger partial charge in [-0.3, -0.25) is 14.6 Å². The first-order chi connectivity index (χ1) is 26.5. The monoisotopic (exact) mass is 794 g/mol. The molecular formula is C43H59ClN4O6S. The number of aryl methyl sites for hydroxylation is 1. The molecule has 1 spiro atoms. The maximum absolute atomic E-state index is 13.9. The zero-order valence-electron chi connectivity index (χ0n) is 32.8. The molecule has 10 nitrogen and oxygen atoms in total. The van der Waals surface area contributed by atoms with Crippen molar-refractivity contribution in [3.05, 3.63) is 70.3 Å². The molecule has 7 atom stereocenters. The highest BCUT2D eigenvalue weighted by atomic mass is 35.5. The summed E-state index contributed by atoms with van der Waals surface area (Å²) in [5.41, 5.74) is 2.86. The fourth-order valence-corrected chi connectivity index (χ4v) is 12.6. The smallest absolute Gasteiger partial charge is 0.264 e. The van der Waals surface area contributed by atoms with Crippen LogP contribution < -0.4 is 14.4 Å². The molecule has 2 saturated heterocycles. The van der Waals surface area contributed by atoms with Gasteiger partial charge in [-0.05, 0) is 117 Å². The van der Waals surface area contributed by atoms with E-state index in [1.165, 1.54) is 44.0 Å². The molecule has 4 heterocycles. The standard InChI is InChI=1S/C43H59ClN4O6S/c1-30-8-6-18-43(53-3,28-46-20-21-47-19-5-4-10-35(47)25-46)37-14-11-33(37)24-48-27-42(17-7-9-31-22-34(44)13-15-36(31)42)29-54-39-16-12-32(23-38(39)48)41(49)45-55(50,51)40(30)26-52-2/h6,12-13,15-16,18,22-23,30,33,35,37,40H,4-5,7-11,14,17,19-21,24-29H2,1-3H3,(H,45,49)/b18-6+/t30-,33-,35+,37+,40+,42-,43+/m0/s1. The van der Waals surface area contributed by atoms with Crippen molar-refractivity contribution in [2.45, 2.75) is 87.0 Å². The van der Waals surface area contributed by atoms with Crippen molar-refractivity contribution in [3.8, 4) is 5.75 Å². The number of ether oxygens (including phenoxy) is 3. The van der Waals surface area contributed by atoms with Gasteiger partial charge in [-0.2, -0.15) is 0 Å². The number of nitrogens with zero attached hydrogens (tertiary/aromatic N) is 3. The van der Waals surface area contributed by atoms with Gasteiger partial charge in [-0.1, -0.05) is 43.2 Å². The minimum atomic E-state index is -4.10.